The van der Waals surface area contributed by atoms with Gasteiger partial charge in [-0.05, 0) is 50.3 Å². The number of aryl methyl sites for hydroxylation is 1. The Balaban J connectivity index is 1.30. The maximum Gasteiger partial charge on any atom is 0.331 e. The van der Waals surface area contributed by atoms with Gasteiger partial charge in [0.1, 0.15) is 15.8 Å². The first-order chi connectivity index (χ1) is 18.4. The summed E-state index contributed by atoms with van der Waals surface area (Å²) in [5, 5.41) is 6.51. The van der Waals surface area contributed by atoms with Gasteiger partial charge in [0.05, 0.1) is 35.2 Å². The smallest absolute Gasteiger partial charge is 0.331 e. The van der Waals surface area contributed by atoms with Gasteiger partial charge in [0.15, 0.2) is 0 Å². The molecule has 0 saturated heterocycles. The largest absolute Gasteiger partial charge is 0.474 e. The number of anilines is 3. The van der Waals surface area contributed by atoms with E-state index in [0.29, 0.717) is 56.7 Å². The van der Waals surface area contributed by atoms with Crippen molar-refractivity contribution in [1.82, 2.24) is 20.2 Å². The molecule has 1 fully saturated rings. The minimum absolute atomic E-state index is 0.185. The maximum absolute atomic E-state index is 13.4. The van der Waals surface area contributed by atoms with Crippen LogP contribution in [0.1, 0.15) is 40.9 Å². The number of nitrogens with one attached hydrogen (secondary N) is 2. The molecule has 194 valence electrons. The molecule has 6 rings (SSSR count). The van der Waals surface area contributed by atoms with E-state index in [4.69, 9.17) is 4.74 Å². The average Bonchev–Trinajstić information content (AvgIpc) is 3.26. The maximum atomic E-state index is 13.4. The molecular formula is C27H26N6O4S. The van der Waals surface area contributed by atoms with Crippen LogP contribution in [0.3, 0.4) is 0 Å². The molecule has 0 bridgehead atoms. The zero-order valence-electron chi connectivity index (χ0n) is 20.8. The minimum atomic E-state index is -0.394. The predicted molar refractivity (Wildman–Crippen MR) is 145 cm³/mol. The Bertz CT molecular complexity index is 1530. The SMILES string of the molecule is C=CC(=O)N1CCC=C(NC(=O)c2sc3nccc4c3c2NC(=O)N4c2cnc(OC3CCC3)cc2C)C1. The summed E-state index contributed by atoms with van der Waals surface area (Å²) in [6, 6.07) is 3.22. The van der Waals surface area contributed by atoms with Crippen LogP contribution in [0.4, 0.5) is 21.9 Å². The van der Waals surface area contributed by atoms with Gasteiger partial charge in [0.25, 0.3) is 5.91 Å². The van der Waals surface area contributed by atoms with E-state index in [2.05, 4.69) is 27.2 Å². The summed E-state index contributed by atoms with van der Waals surface area (Å²) in [4.78, 5) is 51.8. The van der Waals surface area contributed by atoms with Crippen molar-refractivity contribution in [2.75, 3.05) is 23.3 Å². The van der Waals surface area contributed by atoms with Gasteiger partial charge < -0.3 is 20.3 Å². The molecule has 2 aliphatic heterocycles. The van der Waals surface area contributed by atoms with Crippen LogP contribution in [0.15, 0.2) is 49.0 Å². The van der Waals surface area contributed by atoms with Gasteiger partial charge in [-0.3, -0.25) is 14.5 Å². The minimum Gasteiger partial charge on any atom is -0.474 e. The van der Waals surface area contributed by atoms with Crippen molar-refractivity contribution in [3.8, 4) is 5.88 Å². The number of ether oxygens (including phenoxy) is 1. The van der Waals surface area contributed by atoms with Crippen LogP contribution in [0.5, 0.6) is 5.88 Å². The molecule has 0 spiro atoms. The number of pyridine rings is 2. The summed E-state index contributed by atoms with van der Waals surface area (Å²) < 4.78 is 5.92. The third-order valence-corrected chi connectivity index (χ3v) is 8.10. The highest BCUT2D eigenvalue weighted by Crippen LogP contribution is 2.46. The molecule has 0 radical (unpaired) electrons. The van der Waals surface area contributed by atoms with Crippen LogP contribution < -0.4 is 20.3 Å². The lowest BCUT2D eigenvalue weighted by Gasteiger charge is -2.30. The van der Waals surface area contributed by atoms with E-state index in [1.54, 1.807) is 28.3 Å². The fourth-order valence-corrected chi connectivity index (χ4v) is 5.83. The third-order valence-electron chi connectivity index (χ3n) is 7.00. The van der Waals surface area contributed by atoms with Gasteiger partial charge in [-0.1, -0.05) is 12.7 Å². The van der Waals surface area contributed by atoms with Crippen LogP contribution in [-0.2, 0) is 4.79 Å². The van der Waals surface area contributed by atoms with Gasteiger partial charge in [-0.2, -0.15) is 0 Å². The van der Waals surface area contributed by atoms with Crippen molar-refractivity contribution in [2.45, 2.75) is 38.7 Å². The van der Waals surface area contributed by atoms with Crippen molar-refractivity contribution in [3.05, 3.63) is 59.4 Å². The van der Waals surface area contributed by atoms with E-state index in [9.17, 15) is 14.4 Å². The number of carbonyl (C=O) groups excluding carboxylic acids is 3. The van der Waals surface area contributed by atoms with E-state index in [1.807, 2.05) is 19.1 Å². The van der Waals surface area contributed by atoms with Crippen molar-refractivity contribution in [1.29, 1.82) is 0 Å². The van der Waals surface area contributed by atoms with Crippen molar-refractivity contribution in [3.63, 3.8) is 0 Å². The quantitative estimate of drug-likeness (QED) is 0.448. The zero-order valence-corrected chi connectivity index (χ0v) is 21.6. The number of rotatable bonds is 6. The fraction of sp³-hybridized carbons (Fsp3) is 0.296. The van der Waals surface area contributed by atoms with Crippen molar-refractivity contribution < 1.29 is 19.1 Å². The van der Waals surface area contributed by atoms with E-state index < -0.39 is 6.03 Å². The van der Waals surface area contributed by atoms with Crippen LogP contribution in [0.25, 0.3) is 10.2 Å². The second-order valence-electron chi connectivity index (χ2n) is 9.50. The van der Waals surface area contributed by atoms with Gasteiger partial charge in [0, 0.05) is 24.5 Å². The van der Waals surface area contributed by atoms with E-state index in [0.717, 1.165) is 18.4 Å². The van der Waals surface area contributed by atoms with Gasteiger partial charge >= 0.3 is 6.03 Å². The molecule has 0 unspecified atom stereocenters. The molecule has 1 aliphatic carbocycles. The van der Waals surface area contributed by atoms with Crippen LogP contribution >= 0.6 is 11.3 Å². The highest BCUT2D eigenvalue weighted by molar-refractivity contribution is 7.21. The van der Waals surface area contributed by atoms with Crippen LogP contribution in [-0.4, -0.2) is 51.9 Å². The topological polar surface area (TPSA) is 117 Å². The van der Waals surface area contributed by atoms with E-state index in [1.165, 1.54) is 23.8 Å². The molecule has 4 amide bonds. The van der Waals surface area contributed by atoms with Crippen LogP contribution in [0, 0.1) is 6.92 Å². The highest BCUT2D eigenvalue weighted by Gasteiger charge is 2.34. The summed E-state index contributed by atoms with van der Waals surface area (Å²) >= 11 is 1.21. The molecule has 38 heavy (non-hydrogen) atoms. The second kappa shape index (κ2) is 9.56. The molecule has 10 nitrogen and oxygen atoms in total. The number of amides is 4. The predicted octanol–water partition coefficient (Wildman–Crippen LogP) is 4.65. The summed E-state index contributed by atoms with van der Waals surface area (Å²) in [6.45, 7) is 6.30. The number of hydrogen-bond acceptors (Lipinski definition) is 7. The number of aromatic nitrogens is 2. The summed E-state index contributed by atoms with van der Waals surface area (Å²) in [5.74, 6) is 0.00130. The average molecular weight is 531 g/mol. The Hall–Kier alpha value is -4.25. The number of carbonyl (C=O) groups is 3. The summed E-state index contributed by atoms with van der Waals surface area (Å²) in [6.07, 6.45) is 10.5. The normalized spacial score (nSPS) is 17.0. The molecule has 0 aromatic carbocycles. The molecule has 3 aromatic rings. The summed E-state index contributed by atoms with van der Waals surface area (Å²) in [7, 11) is 0. The van der Waals surface area contributed by atoms with E-state index >= 15 is 0 Å². The Morgan fingerprint density at radius 2 is 2.13 bits per heavy atom. The molecule has 0 atom stereocenters. The van der Waals surface area contributed by atoms with Crippen molar-refractivity contribution in [2.24, 2.45) is 0 Å². The number of thiophene rings is 1. The molecule has 11 heteroatoms. The highest BCUT2D eigenvalue weighted by atomic mass is 32.1. The number of hydrogen-bond donors (Lipinski definition) is 2. The Labute approximate surface area is 223 Å². The number of nitrogens with zero attached hydrogens (tertiary/aromatic N) is 4. The monoisotopic (exact) mass is 530 g/mol. The molecule has 2 N–H and O–H groups in total. The van der Waals surface area contributed by atoms with Crippen LogP contribution in [0.2, 0.25) is 0 Å². The lowest BCUT2D eigenvalue weighted by Crippen LogP contribution is -2.39. The van der Waals surface area contributed by atoms with Gasteiger partial charge in [-0.15, -0.1) is 11.3 Å². The van der Waals surface area contributed by atoms with Crippen molar-refractivity contribution >= 4 is 56.5 Å². The summed E-state index contributed by atoms with van der Waals surface area (Å²) in [5.41, 5.74) is 3.15. The lowest BCUT2D eigenvalue weighted by molar-refractivity contribution is -0.125. The Morgan fingerprint density at radius 1 is 1.29 bits per heavy atom. The zero-order chi connectivity index (χ0) is 26.4. The Morgan fingerprint density at radius 3 is 2.87 bits per heavy atom. The Kier molecular flexibility index (Phi) is 6.07. The fourth-order valence-electron chi connectivity index (χ4n) is 4.82. The van der Waals surface area contributed by atoms with Gasteiger partial charge in [0.2, 0.25) is 11.8 Å². The standard InChI is InChI=1S/C27H26N6O4S/c1-3-21(34)32-11-5-6-16(14-32)30-25(35)24-23-22-18(9-10-28-26(22)38-24)33(27(36)31-23)19-13-29-20(12-15(19)2)37-17-7-4-8-17/h3,6,9-10,12-13,17H,1,4-5,7-8,11,14H2,2H3,(H,30,35)(H,31,36). The molecule has 5 heterocycles. The molecule has 3 aromatic heterocycles. The first-order valence-corrected chi connectivity index (χ1v) is 13.3. The second-order valence-corrected chi connectivity index (χ2v) is 10.5. The molecular weight excluding hydrogens is 504 g/mol. The number of urea groups is 1. The molecule has 3 aliphatic rings. The molecule has 1 saturated carbocycles. The third kappa shape index (κ3) is 4.18. The first kappa shape index (κ1) is 24.1. The first-order valence-electron chi connectivity index (χ1n) is 12.5. The van der Waals surface area contributed by atoms with E-state index in [-0.39, 0.29) is 24.5 Å². The van der Waals surface area contributed by atoms with Gasteiger partial charge in [-0.25, -0.2) is 14.8 Å². The lowest BCUT2D eigenvalue weighted by atomic mass is 9.96.